The molecule has 3 aromatic rings. The summed E-state index contributed by atoms with van der Waals surface area (Å²) in [6.45, 7) is 0.140. The van der Waals surface area contributed by atoms with Gasteiger partial charge in [0.15, 0.2) is 0 Å². The summed E-state index contributed by atoms with van der Waals surface area (Å²) < 4.78 is 6.21. The van der Waals surface area contributed by atoms with Crippen molar-refractivity contribution in [2.75, 3.05) is 0 Å². The fourth-order valence-corrected chi connectivity index (χ4v) is 2.61. The van der Waals surface area contributed by atoms with E-state index in [1.165, 1.54) is 6.07 Å². The number of pyridine rings is 1. The number of esters is 1. The molecule has 0 unspecified atom stereocenters. The van der Waals surface area contributed by atoms with E-state index in [-0.39, 0.29) is 17.7 Å². The maximum absolute atomic E-state index is 12.3. The van der Waals surface area contributed by atoms with Crippen LogP contribution in [0.1, 0.15) is 15.9 Å². The number of para-hydroxylation sites is 1. The number of nitrogens with one attached hydrogen (secondary N) is 1. The zero-order valence-electron chi connectivity index (χ0n) is 11.5. The number of benzene rings is 2. The molecule has 0 saturated carbocycles. The Morgan fingerprint density at radius 3 is 2.64 bits per heavy atom. The second-order valence-electron chi connectivity index (χ2n) is 4.76. The highest BCUT2D eigenvalue weighted by molar-refractivity contribution is 9.10. The van der Waals surface area contributed by atoms with Gasteiger partial charge in [-0.05, 0) is 12.1 Å². The molecule has 1 aromatic heterocycles. The summed E-state index contributed by atoms with van der Waals surface area (Å²) in [4.78, 5) is 26.7. The Bertz CT molecular complexity index is 902. The summed E-state index contributed by atoms with van der Waals surface area (Å²) >= 11 is 3.41. The smallest absolute Gasteiger partial charge is 0.339 e. The largest absolute Gasteiger partial charge is 0.457 e. The molecule has 110 valence electrons. The van der Waals surface area contributed by atoms with E-state index in [2.05, 4.69) is 20.9 Å². The maximum atomic E-state index is 12.3. The van der Waals surface area contributed by atoms with Gasteiger partial charge in [-0.3, -0.25) is 4.79 Å². The van der Waals surface area contributed by atoms with Crippen molar-refractivity contribution in [3.05, 3.63) is 80.6 Å². The molecule has 0 amide bonds. The van der Waals surface area contributed by atoms with Crippen LogP contribution >= 0.6 is 15.9 Å². The van der Waals surface area contributed by atoms with Crippen LogP contribution in [0.15, 0.2) is 63.9 Å². The first-order chi connectivity index (χ1) is 10.6. The van der Waals surface area contributed by atoms with Crippen LogP contribution in [0.3, 0.4) is 0 Å². The lowest BCUT2D eigenvalue weighted by atomic mass is 10.1. The maximum Gasteiger partial charge on any atom is 0.339 e. The molecular formula is C17H12BrNO3. The molecule has 0 fully saturated rings. The number of hydrogen-bond acceptors (Lipinski definition) is 3. The SMILES string of the molecule is O=C(OCc1ccccc1Br)c1cc(=O)[nH]c2ccccc12. The normalized spacial score (nSPS) is 10.6. The van der Waals surface area contributed by atoms with Crippen molar-refractivity contribution in [2.24, 2.45) is 0 Å². The number of carbonyl (C=O) groups excluding carboxylic acids is 1. The number of ether oxygens (including phenoxy) is 1. The summed E-state index contributed by atoms with van der Waals surface area (Å²) in [6, 6.07) is 15.9. The molecule has 4 nitrogen and oxygen atoms in total. The van der Waals surface area contributed by atoms with E-state index in [9.17, 15) is 9.59 Å². The van der Waals surface area contributed by atoms with E-state index in [4.69, 9.17) is 4.74 Å². The molecule has 2 aromatic carbocycles. The first-order valence-electron chi connectivity index (χ1n) is 6.68. The lowest BCUT2D eigenvalue weighted by Gasteiger charge is -2.08. The monoisotopic (exact) mass is 357 g/mol. The molecule has 0 saturated heterocycles. The molecule has 0 spiro atoms. The minimum Gasteiger partial charge on any atom is -0.457 e. The van der Waals surface area contributed by atoms with Crippen molar-refractivity contribution in [2.45, 2.75) is 6.61 Å². The predicted octanol–water partition coefficient (Wildman–Crippen LogP) is 3.65. The van der Waals surface area contributed by atoms with Crippen molar-refractivity contribution in [1.29, 1.82) is 0 Å². The van der Waals surface area contributed by atoms with Gasteiger partial charge in [-0.1, -0.05) is 52.3 Å². The number of aromatic amines is 1. The van der Waals surface area contributed by atoms with Crippen molar-refractivity contribution in [3.63, 3.8) is 0 Å². The van der Waals surface area contributed by atoms with Gasteiger partial charge in [0.1, 0.15) is 6.61 Å². The highest BCUT2D eigenvalue weighted by Gasteiger charge is 2.13. The van der Waals surface area contributed by atoms with Crippen LogP contribution in [0.4, 0.5) is 0 Å². The second-order valence-corrected chi connectivity index (χ2v) is 5.61. The van der Waals surface area contributed by atoms with E-state index < -0.39 is 5.97 Å². The summed E-state index contributed by atoms with van der Waals surface area (Å²) in [5.41, 5.74) is 1.42. The Hall–Kier alpha value is -2.40. The van der Waals surface area contributed by atoms with Gasteiger partial charge >= 0.3 is 5.97 Å². The van der Waals surface area contributed by atoms with Crippen molar-refractivity contribution < 1.29 is 9.53 Å². The van der Waals surface area contributed by atoms with Gasteiger partial charge in [0, 0.05) is 27.0 Å². The Morgan fingerprint density at radius 1 is 1.09 bits per heavy atom. The topological polar surface area (TPSA) is 59.2 Å². The molecule has 0 bridgehead atoms. The van der Waals surface area contributed by atoms with Gasteiger partial charge in [0.25, 0.3) is 0 Å². The zero-order chi connectivity index (χ0) is 15.5. The fourth-order valence-electron chi connectivity index (χ4n) is 2.21. The van der Waals surface area contributed by atoms with Gasteiger partial charge in [0.2, 0.25) is 5.56 Å². The van der Waals surface area contributed by atoms with E-state index in [0.29, 0.717) is 10.9 Å². The van der Waals surface area contributed by atoms with Crippen molar-refractivity contribution in [3.8, 4) is 0 Å². The van der Waals surface area contributed by atoms with Crippen LogP contribution in [0.2, 0.25) is 0 Å². The second kappa shape index (κ2) is 6.15. The summed E-state index contributed by atoms with van der Waals surface area (Å²) in [7, 11) is 0. The number of carbonyl (C=O) groups is 1. The number of H-pyrrole nitrogens is 1. The minimum absolute atomic E-state index is 0.140. The minimum atomic E-state index is -0.516. The van der Waals surface area contributed by atoms with Gasteiger partial charge in [-0.25, -0.2) is 4.79 Å². The van der Waals surface area contributed by atoms with E-state index in [1.54, 1.807) is 18.2 Å². The summed E-state index contributed by atoms with van der Waals surface area (Å²) in [5.74, 6) is -0.516. The predicted molar refractivity (Wildman–Crippen MR) is 87.8 cm³/mol. The molecule has 0 aliphatic carbocycles. The molecule has 1 heterocycles. The molecule has 1 N–H and O–H groups in total. The molecule has 0 aliphatic rings. The Morgan fingerprint density at radius 2 is 1.82 bits per heavy atom. The fraction of sp³-hybridized carbons (Fsp3) is 0.0588. The lowest BCUT2D eigenvalue weighted by molar-refractivity contribution is 0.0474. The van der Waals surface area contributed by atoms with E-state index in [0.717, 1.165) is 10.0 Å². The first kappa shape index (κ1) is 14.5. The first-order valence-corrected chi connectivity index (χ1v) is 7.47. The quantitative estimate of drug-likeness (QED) is 0.727. The zero-order valence-corrected chi connectivity index (χ0v) is 13.1. The Kier molecular flexibility index (Phi) is 4.06. The highest BCUT2D eigenvalue weighted by Crippen LogP contribution is 2.19. The van der Waals surface area contributed by atoms with Gasteiger partial charge in [-0.15, -0.1) is 0 Å². The summed E-state index contributed by atoms with van der Waals surface area (Å²) in [6.07, 6.45) is 0. The molecular weight excluding hydrogens is 346 g/mol. The Labute approximate surface area is 134 Å². The average molecular weight is 358 g/mol. The molecule has 0 aliphatic heterocycles. The average Bonchev–Trinajstić information content (AvgIpc) is 2.53. The van der Waals surface area contributed by atoms with Crippen LogP contribution in [0, 0.1) is 0 Å². The van der Waals surface area contributed by atoms with Crippen molar-refractivity contribution in [1.82, 2.24) is 4.98 Å². The number of halogens is 1. The van der Waals surface area contributed by atoms with Gasteiger partial charge in [0.05, 0.1) is 5.56 Å². The highest BCUT2D eigenvalue weighted by atomic mass is 79.9. The summed E-state index contributed by atoms with van der Waals surface area (Å²) in [5, 5.41) is 0.666. The van der Waals surface area contributed by atoms with Crippen LogP contribution < -0.4 is 5.56 Å². The number of aromatic nitrogens is 1. The van der Waals surface area contributed by atoms with E-state index >= 15 is 0 Å². The van der Waals surface area contributed by atoms with Crippen molar-refractivity contribution >= 4 is 32.8 Å². The molecule has 22 heavy (non-hydrogen) atoms. The molecule has 3 rings (SSSR count). The van der Waals surface area contributed by atoms with Gasteiger partial charge < -0.3 is 9.72 Å². The molecule has 0 atom stereocenters. The third kappa shape index (κ3) is 2.94. The van der Waals surface area contributed by atoms with Crippen LogP contribution in [0.25, 0.3) is 10.9 Å². The van der Waals surface area contributed by atoms with Crippen LogP contribution in [-0.4, -0.2) is 11.0 Å². The van der Waals surface area contributed by atoms with Crippen LogP contribution in [0.5, 0.6) is 0 Å². The third-order valence-electron chi connectivity index (χ3n) is 3.29. The van der Waals surface area contributed by atoms with Gasteiger partial charge in [-0.2, -0.15) is 0 Å². The number of hydrogen-bond donors (Lipinski definition) is 1. The number of fused-ring (bicyclic) bond motifs is 1. The molecule has 0 radical (unpaired) electrons. The van der Waals surface area contributed by atoms with Crippen LogP contribution in [-0.2, 0) is 11.3 Å². The molecule has 5 heteroatoms. The lowest BCUT2D eigenvalue weighted by Crippen LogP contribution is -2.13. The number of rotatable bonds is 3. The standard InChI is InChI=1S/C17H12BrNO3/c18-14-7-3-1-5-11(14)10-22-17(21)13-9-16(20)19-15-8-4-2-6-12(13)15/h1-9H,10H2,(H,19,20). The third-order valence-corrected chi connectivity index (χ3v) is 4.06. The van der Waals surface area contributed by atoms with E-state index in [1.807, 2.05) is 30.3 Å². The Balaban J connectivity index is 1.90.